The third-order valence-corrected chi connectivity index (χ3v) is 4.60. The van der Waals surface area contributed by atoms with E-state index in [2.05, 4.69) is 29.6 Å². The third kappa shape index (κ3) is 6.50. The molecule has 1 heterocycles. The number of ether oxygens (including phenoxy) is 1. The van der Waals surface area contributed by atoms with Crippen LogP contribution in [0.3, 0.4) is 0 Å². The molecule has 0 saturated carbocycles. The van der Waals surface area contributed by atoms with E-state index in [0.29, 0.717) is 18.1 Å². The summed E-state index contributed by atoms with van der Waals surface area (Å²) in [7, 11) is 0. The molecule has 0 fully saturated rings. The summed E-state index contributed by atoms with van der Waals surface area (Å²) >= 11 is 0. The Morgan fingerprint density at radius 1 is 1.00 bits per heavy atom. The van der Waals surface area contributed by atoms with Crippen molar-refractivity contribution in [2.75, 3.05) is 18.5 Å². The molecule has 0 radical (unpaired) electrons. The lowest BCUT2D eigenvalue weighted by molar-refractivity contribution is -0.116. The van der Waals surface area contributed by atoms with E-state index in [0.717, 1.165) is 37.0 Å². The molecule has 0 saturated heterocycles. The molecular weight excluding hydrogens is 366 g/mol. The highest BCUT2D eigenvalue weighted by atomic mass is 16.5. The first-order valence-electron chi connectivity index (χ1n) is 10.0. The zero-order valence-electron chi connectivity index (χ0n) is 16.5. The van der Waals surface area contributed by atoms with Crippen LogP contribution in [0.2, 0.25) is 0 Å². The maximum atomic E-state index is 11.7. The number of aryl methyl sites for hydroxylation is 1. The summed E-state index contributed by atoms with van der Waals surface area (Å²) in [6.45, 7) is 0.445. The fraction of sp³-hybridized carbons (Fsp3) is 0.292. The van der Waals surface area contributed by atoms with E-state index in [1.807, 2.05) is 30.3 Å². The Balaban J connectivity index is 1.54. The molecule has 3 rings (SSSR count). The predicted octanol–water partition coefficient (Wildman–Crippen LogP) is 5.06. The number of nitrogens with one attached hydrogen (secondary N) is 1. The standard InChI is InChI=1S/C24H27NO4/c26-15-14-24(27)25-20-12-13-23(21(18-20)22-11-7-17-29-22)28-16-6-2-5-10-19-8-3-1-4-9-19/h1,3-4,7-9,11-13,17-18,26H,2,5-6,10,14-16H2,(H,25,27). The highest BCUT2D eigenvalue weighted by Gasteiger charge is 2.12. The quantitative estimate of drug-likeness (QED) is 0.447. The van der Waals surface area contributed by atoms with Gasteiger partial charge >= 0.3 is 0 Å². The van der Waals surface area contributed by atoms with Gasteiger partial charge in [0.15, 0.2) is 0 Å². The molecule has 0 spiro atoms. The fourth-order valence-corrected chi connectivity index (χ4v) is 3.12. The van der Waals surface area contributed by atoms with Gasteiger partial charge in [-0.15, -0.1) is 0 Å². The largest absolute Gasteiger partial charge is 0.493 e. The van der Waals surface area contributed by atoms with Crippen LogP contribution in [-0.2, 0) is 11.2 Å². The monoisotopic (exact) mass is 393 g/mol. The molecule has 1 amide bonds. The van der Waals surface area contributed by atoms with Crippen molar-refractivity contribution in [2.24, 2.45) is 0 Å². The van der Waals surface area contributed by atoms with Gasteiger partial charge in [-0.1, -0.05) is 30.3 Å². The van der Waals surface area contributed by atoms with Crippen molar-refractivity contribution in [3.63, 3.8) is 0 Å². The summed E-state index contributed by atoms with van der Waals surface area (Å²) in [5.74, 6) is 1.18. The number of amides is 1. The number of carbonyl (C=O) groups excluding carboxylic acids is 1. The summed E-state index contributed by atoms with van der Waals surface area (Å²) < 4.78 is 11.5. The number of aliphatic hydroxyl groups is 1. The lowest BCUT2D eigenvalue weighted by Crippen LogP contribution is -2.12. The molecule has 3 aromatic rings. The molecule has 152 valence electrons. The van der Waals surface area contributed by atoms with Crippen LogP contribution in [0.4, 0.5) is 5.69 Å². The van der Waals surface area contributed by atoms with Crippen LogP contribution in [-0.4, -0.2) is 24.2 Å². The number of benzene rings is 2. The molecule has 0 aliphatic heterocycles. The number of unbranched alkanes of at least 4 members (excludes halogenated alkanes) is 2. The normalized spacial score (nSPS) is 10.7. The lowest BCUT2D eigenvalue weighted by atomic mass is 10.1. The Bertz CT molecular complexity index is 875. The number of carbonyl (C=O) groups is 1. The van der Waals surface area contributed by atoms with Crippen LogP contribution in [0.15, 0.2) is 71.3 Å². The van der Waals surface area contributed by atoms with Gasteiger partial charge in [-0.2, -0.15) is 0 Å². The van der Waals surface area contributed by atoms with Crippen molar-refractivity contribution >= 4 is 11.6 Å². The van der Waals surface area contributed by atoms with Gasteiger partial charge in [0.05, 0.1) is 31.5 Å². The van der Waals surface area contributed by atoms with E-state index in [4.69, 9.17) is 14.3 Å². The van der Waals surface area contributed by atoms with Gasteiger partial charge in [-0.25, -0.2) is 0 Å². The SMILES string of the molecule is O=C(CCO)Nc1ccc(OCCCCCc2ccccc2)c(-c2ccco2)c1. The highest BCUT2D eigenvalue weighted by molar-refractivity contribution is 5.91. The van der Waals surface area contributed by atoms with Crippen LogP contribution in [0, 0.1) is 0 Å². The van der Waals surface area contributed by atoms with Gasteiger partial charge in [-0.05, 0) is 61.6 Å². The summed E-state index contributed by atoms with van der Waals surface area (Å²) in [6.07, 6.45) is 5.96. The number of hydrogen-bond acceptors (Lipinski definition) is 4. The Kier molecular flexibility index (Phi) is 7.90. The van der Waals surface area contributed by atoms with Crippen molar-refractivity contribution in [2.45, 2.75) is 32.1 Å². The Hall–Kier alpha value is -3.05. The van der Waals surface area contributed by atoms with Crippen LogP contribution in [0.1, 0.15) is 31.2 Å². The Morgan fingerprint density at radius 2 is 1.86 bits per heavy atom. The smallest absolute Gasteiger partial charge is 0.226 e. The molecule has 0 atom stereocenters. The summed E-state index contributed by atoms with van der Waals surface area (Å²) in [4.78, 5) is 11.7. The van der Waals surface area contributed by atoms with E-state index < -0.39 is 0 Å². The van der Waals surface area contributed by atoms with Crippen molar-refractivity contribution in [1.29, 1.82) is 0 Å². The van der Waals surface area contributed by atoms with Gasteiger partial charge in [0.1, 0.15) is 11.5 Å². The third-order valence-electron chi connectivity index (χ3n) is 4.60. The summed E-state index contributed by atoms with van der Waals surface area (Å²) in [5, 5.41) is 11.7. The number of anilines is 1. The molecule has 2 aromatic carbocycles. The lowest BCUT2D eigenvalue weighted by Gasteiger charge is -2.13. The minimum Gasteiger partial charge on any atom is -0.493 e. The van der Waals surface area contributed by atoms with E-state index in [9.17, 15) is 4.79 Å². The first-order chi connectivity index (χ1) is 14.3. The number of furan rings is 1. The molecule has 0 aliphatic carbocycles. The van der Waals surface area contributed by atoms with Gasteiger partial charge in [-0.3, -0.25) is 4.79 Å². The second-order valence-corrected chi connectivity index (χ2v) is 6.85. The average molecular weight is 393 g/mol. The molecule has 5 nitrogen and oxygen atoms in total. The summed E-state index contributed by atoms with van der Waals surface area (Å²) in [6, 6.07) is 19.7. The average Bonchev–Trinajstić information content (AvgIpc) is 3.27. The summed E-state index contributed by atoms with van der Waals surface area (Å²) in [5.41, 5.74) is 2.80. The minimum absolute atomic E-state index is 0.0668. The van der Waals surface area contributed by atoms with Crippen LogP contribution < -0.4 is 10.1 Å². The first kappa shape index (κ1) is 20.7. The molecular formula is C24H27NO4. The first-order valence-corrected chi connectivity index (χ1v) is 10.0. The molecule has 5 heteroatoms. The maximum absolute atomic E-state index is 11.7. The van der Waals surface area contributed by atoms with Crippen LogP contribution >= 0.6 is 0 Å². The zero-order chi connectivity index (χ0) is 20.3. The van der Waals surface area contributed by atoms with Crippen molar-refractivity contribution in [1.82, 2.24) is 0 Å². The Morgan fingerprint density at radius 3 is 2.62 bits per heavy atom. The number of aliphatic hydroxyl groups excluding tert-OH is 1. The molecule has 29 heavy (non-hydrogen) atoms. The molecule has 2 N–H and O–H groups in total. The number of hydrogen-bond donors (Lipinski definition) is 2. The fourth-order valence-electron chi connectivity index (χ4n) is 3.12. The van der Waals surface area contributed by atoms with Crippen LogP contribution in [0.5, 0.6) is 5.75 Å². The highest BCUT2D eigenvalue weighted by Crippen LogP contribution is 2.33. The molecule has 1 aromatic heterocycles. The van der Waals surface area contributed by atoms with E-state index in [1.54, 1.807) is 12.3 Å². The van der Waals surface area contributed by atoms with Crippen molar-refractivity contribution < 1.29 is 19.1 Å². The van der Waals surface area contributed by atoms with E-state index in [1.165, 1.54) is 5.56 Å². The zero-order valence-corrected chi connectivity index (χ0v) is 16.5. The molecule has 0 unspecified atom stereocenters. The van der Waals surface area contributed by atoms with Gasteiger partial charge in [0, 0.05) is 5.69 Å². The van der Waals surface area contributed by atoms with E-state index >= 15 is 0 Å². The van der Waals surface area contributed by atoms with E-state index in [-0.39, 0.29) is 18.9 Å². The van der Waals surface area contributed by atoms with Gasteiger partial charge in [0.25, 0.3) is 0 Å². The Labute approximate surface area is 171 Å². The maximum Gasteiger partial charge on any atom is 0.226 e. The van der Waals surface area contributed by atoms with Crippen LogP contribution in [0.25, 0.3) is 11.3 Å². The van der Waals surface area contributed by atoms with Gasteiger partial charge < -0.3 is 19.6 Å². The second kappa shape index (κ2) is 11.1. The van der Waals surface area contributed by atoms with Crippen molar-refractivity contribution in [3.8, 4) is 17.1 Å². The number of rotatable bonds is 11. The van der Waals surface area contributed by atoms with Crippen molar-refractivity contribution in [3.05, 3.63) is 72.5 Å². The second-order valence-electron chi connectivity index (χ2n) is 6.85. The molecule has 0 aliphatic rings. The molecule has 0 bridgehead atoms. The van der Waals surface area contributed by atoms with Gasteiger partial charge in [0.2, 0.25) is 5.91 Å². The predicted molar refractivity (Wildman–Crippen MR) is 114 cm³/mol. The minimum atomic E-state index is -0.232. The topological polar surface area (TPSA) is 71.7 Å².